The van der Waals surface area contributed by atoms with Gasteiger partial charge in [-0.15, -0.1) is 0 Å². The van der Waals surface area contributed by atoms with Crippen LogP contribution in [0.1, 0.15) is 45.7 Å². The summed E-state index contributed by atoms with van der Waals surface area (Å²) in [6, 6.07) is 50.8. The zero-order valence-electron chi connectivity index (χ0n) is 36.1. The van der Waals surface area contributed by atoms with Gasteiger partial charge in [-0.2, -0.15) is 0 Å². The second-order valence-corrected chi connectivity index (χ2v) is 16.5. The maximum atomic E-state index is 5.92. The van der Waals surface area contributed by atoms with E-state index >= 15 is 0 Å². The quantitative estimate of drug-likeness (QED) is 0.158. The van der Waals surface area contributed by atoms with Crippen molar-refractivity contribution in [3.8, 4) is 67.5 Å². The molecule has 314 valence electrons. The Balaban J connectivity index is 1.32. The molecule has 8 bridgehead atoms. The first-order valence-electron chi connectivity index (χ1n) is 21.6. The van der Waals surface area contributed by atoms with Crippen molar-refractivity contribution in [2.75, 3.05) is 28.4 Å². The fraction of sp³-hybridized carbons (Fsp3) is 0.143. The van der Waals surface area contributed by atoms with Crippen molar-refractivity contribution in [2.45, 2.75) is 24.7 Å². The second-order valence-electron chi connectivity index (χ2n) is 16.5. The van der Waals surface area contributed by atoms with E-state index in [1.165, 1.54) is 11.1 Å². The number of rotatable bonds is 8. The number of nitrogens with zero attached hydrogens (tertiary/aromatic N) is 2. The van der Waals surface area contributed by atoms with Gasteiger partial charge in [0.25, 0.3) is 0 Å². The van der Waals surface area contributed by atoms with Crippen molar-refractivity contribution in [1.82, 2.24) is 19.9 Å². The SMILES string of the molecule is COc1ccc(-c2c3nc(c(-c4ccc(OC)cc4)c4ccc([nH]4)c(-c4ccc(OC)cc4)c4nc(c(-c5ccc(OC)cc5)c5ccc2[nH]5)[C@H]2Cc5ccccc5C[C@@H]42)C=C3)cc1. The van der Waals surface area contributed by atoms with Gasteiger partial charge in [0, 0.05) is 56.2 Å². The van der Waals surface area contributed by atoms with Crippen molar-refractivity contribution in [1.29, 1.82) is 0 Å². The average molecular weight is 839 g/mol. The predicted octanol–water partition coefficient (Wildman–Crippen LogP) is 12.9. The summed E-state index contributed by atoms with van der Waals surface area (Å²) in [6.07, 6.45) is 5.97. The summed E-state index contributed by atoms with van der Waals surface area (Å²) in [5.41, 5.74) is 18.6. The number of nitrogens with one attached hydrogen (secondary N) is 2. The van der Waals surface area contributed by atoms with Gasteiger partial charge in [-0.25, -0.2) is 4.98 Å². The molecule has 64 heavy (non-hydrogen) atoms. The van der Waals surface area contributed by atoms with E-state index in [0.29, 0.717) is 0 Å². The molecular formula is C56H46N4O4. The molecule has 5 heterocycles. The van der Waals surface area contributed by atoms with Crippen molar-refractivity contribution in [3.63, 3.8) is 0 Å². The van der Waals surface area contributed by atoms with Crippen molar-refractivity contribution in [2.24, 2.45) is 0 Å². The lowest BCUT2D eigenvalue weighted by Crippen LogP contribution is -2.19. The Labute approximate surface area is 371 Å². The predicted molar refractivity (Wildman–Crippen MR) is 257 cm³/mol. The van der Waals surface area contributed by atoms with E-state index < -0.39 is 0 Å². The lowest BCUT2D eigenvalue weighted by molar-refractivity contribution is 0.415. The molecule has 3 aliphatic rings. The van der Waals surface area contributed by atoms with Crippen molar-refractivity contribution >= 4 is 34.2 Å². The minimum atomic E-state index is 0.0949. The van der Waals surface area contributed by atoms with Crippen LogP contribution in [-0.4, -0.2) is 48.4 Å². The van der Waals surface area contributed by atoms with Crippen molar-refractivity contribution < 1.29 is 18.9 Å². The molecule has 8 aromatic rings. The molecule has 8 nitrogen and oxygen atoms in total. The average Bonchev–Trinajstić information content (AvgIpc) is 4.19. The molecule has 5 aromatic carbocycles. The van der Waals surface area contributed by atoms with Crippen LogP contribution >= 0.6 is 0 Å². The normalized spacial score (nSPS) is 15.0. The highest BCUT2D eigenvalue weighted by Gasteiger charge is 2.40. The summed E-state index contributed by atoms with van der Waals surface area (Å²) in [7, 11) is 6.80. The highest BCUT2D eigenvalue weighted by atomic mass is 16.5. The van der Waals surface area contributed by atoms with Crippen molar-refractivity contribution in [3.05, 3.63) is 179 Å². The second kappa shape index (κ2) is 16.1. The van der Waals surface area contributed by atoms with Crippen LogP contribution in [0.4, 0.5) is 0 Å². The molecule has 8 heteroatoms. The third kappa shape index (κ3) is 6.79. The molecular weight excluding hydrogens is 793 g/mol. The first kappa shape index (κ1) is 39.0. The minimum Gasteiger partial charge on any atom is -0.497 e. The number of methoxy groups -OCH3 is 4. The molecule has 3 aromatic heterocycles. The summed E-state index contributed by atoms with van der Waals surface area (Å²) < 4.78 is 22.5. The van der Waals surface area contributed by atoms with Gasteiger partial charge in [0.2, 0.25) is 0 Å². The van der Waals surface area contributed by atoms with Gasteiger partial charge in [-0.1, -0.05) is 72.8 Å². The molecule has 0 amide bonds. The molecule has 0 unspecified atom stereocenters. The first-order chi connectivity index (χ1) is 31.5. The topological polar surface area (TPSA) is 94.3 Å². The smallest absolute Gasteiger partial charge is 0.118 e. The third-order valence-electron chi connectivity index (χ3n) is 13.1. The molecule has 11 rings (SSSR count). The van der Waals surface area contributed by atoms with Gasteiger partial charge in [-0.05, 0) is 131 Å². The monoisotopic (exact) mass is 838 g/mol. The van der Waals surface area contributed by atoms with Crippen LogP contribution in [0.2, 0.25) is 0 Å². The number of aromatic amines is 2. The minimum absolute atomic E-state index is 0.0949. The molecule has 2 aliphatic heterocycles. The lowest BCUT2D eigenvalue weighted by Gasteiger charge is -2.29. The van der Waals surface area contributed by atoms with Gasteiger partial charge >= 0.3 is 0 Å². The Morgan fingerprint density at radius 3 is 1.02 bits per heavy atom. The standard InChI is InChI=1S/C56H46N4O4/c1-61-39-17-9-33(10-18-39)51-45-25-26-46(57-45)52(34-11-19-40(62-2)20-12-34)48-28-30-50(59-48)54(36-15-23-42(64-4)24-16-36)56-44-32-38-8-6-5-7-37(38)31-43(44)55(60-56)53(49-29-27-47(51)58-49)35-13-21-41(63-3)22-14-35/h5-30,43-44,58-59H,31-32H2,1-4H3/t43-,44+. The van der Waals surface area contributed by atoms with Crippen LogP contribution in [0.15, 0.2) is 146 Å². The summed E-state index contributed by atoms with van der Waals surface area (Å²) in [6.45, 7) is 0. The van der Waals surface area contributed by atoms with E-state index in [2.05, 4.69) is 119 Å². The molecule has 0 saturated carbocycles. The molecule has 2 atom stereocenters. The lowest BCUT2D eigenvalue weighted by atomic mass is 9.72. The Kier molecular flexibility index (Phi) is 9.84. The maximum Gasteiger partial charge on any atom is 0.118 e. The van der Waals surface area contributed by atoms with Crippen LogP contribution in [0, 0.1) is 0 Å². The zero-order valence-corrected chi connectivity index (χ0v) is 36.1. The highest BCUT2D eigenvalue weighted by molar-refractivity contribution is 5.97. The van der Waals surface area contributed by atoms with Crippen LogP contribution in [0.5, 0.6) is 23.0 Å². The number of hydrogen-bond acceptors (Lipinski definition) is 6. The van der Waals surface area contributed by atoms with Gasteiger partial charge in [0.15, 0.2) is 0 Å². The Morgan fingerprint density at radius 2 is 0.688 bits per heavy atom. The van der Waals surface area contributed by atoms with Gasteiger partial charge in [-0.3, -0.25) is 4.98 Å². The van der Waals surface area contributed by atoms with Crippen LogP contribution in [-0.2, 0) is 12.8 Å². The van der Waals surface area contributed by atoms with Gasteiger partial charge in [0.1, 0.15) is 23.0 Å². The Bertz CT molecular complexity index is 3040. The van der Waals surface area contributed by atoms with Crippen LogP contribution in [0.3, 0.4) is 0 Å². The third-order valence-corrected chi connectivity index (χ3v) is 13.1. The Hall–Kier alpha value is -7.84. The molecule has 2 N–H and O–H groups in total. The van der Waals surface area contributed by atoms with Crippen LogP contribution in [0.25, 0.3) is 78.7 Å². The first-order valence-corrected chi connectivity index (χ1v) is 21.6. The number of hydrogen-bond donors (Lipinski definition) is 2. The molecule has 0 spiro atoms. The number of H-pyrrole nitrogens is 2. The fourth-order valence-electron chi connectivity index (χ4n) is 9.88. The maximum absolute atomic E-state index is 5.92. The largest absolute Gasteiger partial charge is 0.497 e. The van der Waals surface area contributed by atoms with E-state index in [-0.39, 0.29) is 11.8 Å². The van der Waals surface area contributed by atoms with E-state index in [4.69, 9.17) is 28.9 Å². The van der Waals surface area contributed by atoms with E-state index in [9.17, 15) is 0 Å². The summed E-state index contributed by atoms with van der Waals surface area (Å²) in [5.74, 6) is 3.36. The highest BCUT2D eigenvalue weighted by Crippen LogP contribution is 2.51. The van der Waals surface area contributed by atoms with Crippen LogP contribution < -0.4 is 18.9 Å². The van der Waals surface area contributed by atoms with E-state index in [1.807, 2.05) is 48.5 Å². The Morgan fingerprint density at radius 1 is 0.375 bits per heavy atom. The zero-order chi connectivity index (χ0) is 43.3. The number of benzene rings is 5. The fourth-order valence-corrected chi connectivity index (χ4v) is 9.88. The molecule has 0 saturated heterocycles. The number of ether oxygens (including phenoxy) is 4. The summed E-state index contributed by atoms with van der Waals surface area (Å²) in [4.78, 5) is 19.3. The summed E-state index contributed by atoms with van der Waals surface area (Å²) in [5, 5.41) is 0. The van der Waals surface area contributed by atoms with Gasteiger partial charge < -0.3 is 28.9 Å². The molecule has 0 fully saturated rings. The van der Waals surface area contributed by atoms with E-state index in [0.717, 1.165) is 125 Å². The summed E-state index contributed by atoms with van der Waals surface area (Å²) >= 11 is 0. The molecule has 0 radical (unpaired) electrons. The number of aromatic nitrogens is 4. The number of fused-ring (bicyclic) bond motifs is 12. The van der Waals surface area contributed by atoms with E-state index in [1.54, 1.807) is 28.4 Å². The molecule has 1 aliphatic carbocycles. The van der Waals surface area contributed by atoms with Gasteiger partial charge in [0.05, 0.1) is 51.2 Å².